The number of rotatable bonds is 6. The minimum atomic E-state index is -3.59. The van der Waals surface area contributed by atoms with E-state index in [2.05, 4.69) is 20.0 Å². The summed E-state index contributed by atoms with van der Waals surface area (Å²) in [4.78, 5) is 21.1. The molecule has 0 radical (unpaired) electrons. The third kappa shape index (κ3) is 4.57. The van der Waals surface area contributed by atoms with E-state index in [0.717, 1.165) is 10.7 Å². The van der Waals surface area contributed by atoms with Gasteiger partial charge in [0, 0.05) is 17.3 Å². The van der Waals surface area contributed by atoms with Gasteiger partial charge in [-0.15, -0.1) is 11.3 Å². The monoisotopic (exact) mass is 402 g/mol. The Morgan fingerprint density at radius 2 is 2.04 bits per heavy atom. The summed E-state index contributed by atoms with van der Waals surface area (Å²) in [6.07, 6.45) is 1.78. The van der Waals surface area contributed by atoms with Crippen LogP contribution in [0.15, 0.2) is 52.9 Å². The zero-order valence-electron chi connectivity index (χ0n) is 14.8. The third-order valence-corrected chi connectivity index (χ3v) is 6.28. The van der Waals surface area contributed by atoms with Crippen molar-refractivity contribution in [3.8, 4) is 10.7 Å². The van der Waals surface area contributed by atoms with Crippen LogP contribution in [0.5, 0.6) is 0 Å². The van der Waals surface area contributed by atoms with Gasteiger partial charge < -0.3 is 5.32 Å². The summed E-state index contributed by atoms with van der Waals surface area (Å²) in [6, 6.07) is 10.3. The van der Waals surface area contributed by atoms with Gasteiger partial charge in [-0.05, 0) is 43.8 Å². The molecule has 3 rings (SSSR count). The summed E-state index contributed by atoms with van der Waals surface area (Å²) in [5.41, 5.74) is 2.41. The molecule has 0 unspecified atom stereocenters. The maximum absolute atomic E-state index is 12.3. The molecule has 7 nitrogen and oxygen atoms in total. The number of benzene rings is 1. The van der Waals surface area contributed by atoms with Gasteiger partial charge in [-0.3, -0.25) is 9.78 Å². The van der Waals surface area contributed by atoms with Gasteiger partial charge in [0.25, 0.3) is 0 Å². The molecule has 0 bridgehead atoms. The van der Waals surface area contributed by atoms with Gasteiger partial charge in [0.2, 0.25) is 15.9 Å². The number of anilines is 1. The standard InChI is InChI=1S/C18H18N4O3S2/c1-12-6-7-13(9-16(12)27(24,25)19-2)21-17(23)10-14-11-26-18(22-14)15-5-3-4-8-20-15/h3-9,11,19H,10H2,1-2H3,(H,21,23). The predicted molar refractivity (Wildman–Crippen MR) is 105 cm³/mol. The molecular weight excluding hydrogens is 384 g/mol. The second-order valence-electron chi connectivity index (χ2n) is 5.77. The molecule has 2 heterocycles. The second kappa shape index (κ2) is 7.95. The Morgan fingerprint density at radius 1 is 1.22 bits per heavy atom. The highest BCUT2D eigenvalue weighted by Crippen LogP contribution is 2.23. The molecule has 0 saturated carbocycles. The smallest absolute Gasteiger partial charge is 0.240 e. The first-order chi connectivity index (χ1) is 12.9. The average molecular weight is 403 g/mol. The first-order valence-corrected chi connectivity index (χ1v) is 10.4. The number of hydrogen-bond acceptors (Lipinski definition) is 6. The van der Waals surface area contributed by atoms with Crippen LogP contribution in [0, 0.1) is 6.92 Å². The zero-order valence-corrected chi connectivity index (χ0v) is 16.4. The minimum Gasteiger partial charge on any atom is -0.326 e. The van der Waals surface area contributed by atoms with E-state index >= 15 is 0 Å². The van der Waals surface area contributed by atoms with Crippen LogP contribution < -0.4 is 10.0 Å². The van der Waals surface area contributed by atoms with Crippen LogP contribution in [0.4, 0.5) is 5.69 Å². The zero-order chi connectivity index (χ0) is 19.4. The fourth-order valence-corrected chi connectivity index (χ4v) is 4.23. The molecule has 2 N–H and O–H groups in total. The lowest BCUT2D eigenvalue weighted by Crippen LogP contribution is -2.20. The number of carbonyl (C=O) groups excluding carboxylic acids is 1. The van der Waals surface area contributed by atoms with E-state index in [1.165, 1.54) is 24.5 Å². The van der Waals surface area contributed by atoms with Crippen molar-refractivity contribution in [2.75, 3.05) is 12.4 Å². The van der Waals surface area contributed by atoms with Crippen LogP contribution >= 0.6 is 11.3 Å². The van der Waals surface area contributed by atoms with Crippen molar-refractivity contribution in [1.29, 1.82) is 0 Å². The van der Waals surface area contributed by atoms with Crippen molar-refractivity contribution in [3.63, 3.8) is 0 Å². The van der Waals surface area contributed by atoms with Crippen molar-refractivity contribution < 1.29 is 13.2 Å². The molecule has 0 saturated heterocycles. The van der Waals surface area contributed by atoms with Gasteiger partial charge in [0.15, 0.2) is 0 Å². The van der Waals surface area contributed by atoms with Crippen LogP contribution in [0.3, 0.4) is 0 Å². The van der Waals surface area contributed by atoms with E-state index in [9.17, 15) is 13.2 Å². The number of aryl methyl sites for hydroxylation is 1. The molecule has 3 aromatic rings. The summed E-state index contributed by atoms with van der Waals surface area (Å²) < 4.78 is 26.4. The normalized spacial score (nSPS) is 11.3. The summed E-state index contributed by atoms with van der Waals surface area (Å²) in [5.74, 6) is -0.274. The van der Waals surface area contributed by atoms with Crippen LogP contribution in [0.2, 0.25) is 0 Å². The highest BCUT2D eigenvalue weighted by Gasteiger charge is 2.16. The molecule has 0 atom stereocenters. The first kappa shape index (κ1) is 19.2. The van der Waals surface area contributed by atoms with E-state index in [-0.39, 0.29) is 17.2 Å². The third-order valence-electron chi connectivity index (χ3n) is 3.81. The Balaban J connectivity index is 1.72. The highest BCUT2D eigenvalue weighted by atomic mass is 32.2. The van der Waals surface area contributed by atoms with E-state index in [1.54, 1.807) is 25.3 Å². The molecular formula is C18H18N4O3S2. The van der Waals surface area contributed by atoms with Crippen molar-refractivity contribution in [3.05, 3.63) is 59.2 Å². The number of nitrogens with zero attached hydrogens (tertiary/aromatic N) is 2. The van der Waals surface area contributed by atoms with Crippen molar-refractivity contribution in [1.82, 2.24) is 14.7 Å². The van der Waals surface area contributed by atoms with Crippen LogP contribution in [-0.4, -0.2) is 31.3 Å². The second-order valence-corrected chi connectivity index (χ2v) is 8.48. The quantitative estimate of drug-likeness (QED) is 0.660. The van der Waals surface area contributed by atoms with Crippen molar-refractivity contribution >= 4 is 33.0 Å². The highest BCUT2D eigenvalue weighted by molar-refractivity contribution is 7.89. The van der Waals surface area contributed by atoms with E-state index < -0.39 is 10.0 Å². The number of aromatic nitrogens is 2. The lowest BCUT2D eigenvalue weighted by molar-refractivity contribution is -0.115. The lowest BCUT2D eigenvalue weighted by Gasteiger charge is -2.10. The number of carbonyl (C=O) groups is 1. The molecule has 0 aliphatic carbocycles. The number of sulfonamides is 1. The molecule has 140 valence electrons. The Morgan fingerprint density at radius 3 is 2.74 bits per heavy atom. The fraction of sp³-hybridized carbons (Fsp3) is 0.167. The number of hydrogen-bond donors (Lipinski definition) is 2. The van der Waals surface area contributed by atoms with Gasteiger partial charge in [-0.1, -0.05) is 12.1 Å². The molecule has 0 spiro atoms. The van der Waals surface area contributed by atoms with Gasteiger partial charge in [0.05, 0.1) is 22.7 Å². The van der Waals surface area contributed by atoms with Gasteiger partial charge in [0.1, 0.15) is 5.01 Å². The Labute approximate surface area is 161 Å². The molecule has 2 aromatic heterocycles. The Kier molecular flexibility index (Phi) is 5.64. The molecule has 1 aromatic carbocycles. The van der Waals surface area contributed by atoms with Gasteiger partial charge in [-0.25, -0.2) is 18.1 Å². The van der Waals surface area contributed by atoms with Gasteiger partial charge in [-0.2, -0.15) is 0 Å². The average Bonchev–Trinajstić information content (AvgIpc) is 3.12. The van der Waals surface area contributed by atoms with Crippen LogP contribution in [-0.2, 0) is 21.2 Å². The predicted octanol–water partition coefficient (Wildman–Crippen LogP) is 2.60. The number of thiazole rings is 1. The maximum Gasteiger partial charge on any atom is 0.240 e. The van der Waals surface area contributed by atoms with Crippen LogP contribution in [0.25, 0.3) is 10.7 Å². The Hall–Kier alpha value is -2.62. The largest absolute Gasteiger partial charge is 0.326 e. The molecule has 0 aliphatic rings. The molecule has 27 heavy (non-hydrogen) atoms. The fourth-order valence-electron chi connectivity index (χ4n) is 2.44. The first-order valence-electron chi connectivity index (χ1n) is 8.09. The van der Waals surface area contributed by atoms with E-state index in [4.69, 9.17) is 0 Å². The molecule has 0 fully saturated rings. The van der Waals surface area contributed by atoms with Crippen molar-refractivity contribution in [2.24, 2.45) is 0 Å². The summed E-state index contributed by atoms with van der Waals surface area (Å²) in [6.45, 7) is 1.70. The molecule has 0 aliphatic heterocycles. The topological polar surface area (TPSA) is 101 Å². The number of pyridine rings is 1. The van der Waals surface area contributed by atoms with E-state index in [0.29, 0.717) is 16.9 Å². The Bertz CT molecular complexity index is 1060. The maximum atomic E-state index is 12.3. The summed E-state index contributed by atoms with van der Waals surface area (Å²) >= 11 is 1.42. The molecule has 1 amide bonds. The minimum absolute atomic E-state index is 0.0886. The van der Waals surface area contributed by atoms with Crippen LogP contribution in [0.1, 0.15) is 11.3 Å². The number of amides is 1. The number of nitrogens with one attached hydrogen (secondary N) is 2. The summed E-state index contributed by atoms with van der Waals surface area (Å²) in [5, 5.41) is 5.28. The van der Waals surface area contributed by atoms with Crippen molar-refractivity contribution in [2.45, 2.75) is 18.2 Å². The van der Waals surface area contributed by atoms with Gasteiger partial charge >= 0.3 is 0 Å². The molecule has 9 heteroatoms. The summed E-state index contributed by atoms with van der Waals surface area (Å²) in [7, 11) is -2.24. The lowest BCUT2D eigenvalue weighted by atomic mass is 10.2. The SMILES string of the molecule is CNS(=O)(=O)c1cc(NC(=O)Cc2csc(-c3ccccn3)n2)ccc1C. The van der Waals surface area contributed by atoms with E-state index in [1.807, 2.05) is 23.6 Å².